The van der Waals surface area contributed by atoms with Crippen LogP contribution in [0.3, 0.4) is 0 Å². The Morgan fingerprint density at radius 2 is 2.17 bits per heavy atom. The molecule has 2 rings (SSSR count). The van der Waals surface area contributed by atoms with Gasteiger partial charge in [-0.3, -0.25) is 0 Å². The van der Waals surface area contributed by atoms with Crippen LogP contribution in [-0.2, 0) is 6.54 Å². The smallest absolute Gasteiger partial charge is 0.136 e. The molecule has 0 saturated heterocycles. The van der Waals surface area contributed by atoms with Gasteiger partial charge in [0.25, 0.3) is 0 Å². The number of hydrogen-bond donors (Lipinski definition) is 1. The van der Waals surface area contributed by atoms with Crippen LogP contribution in [0.1, 0.15) is 31.0 Å². The summed E-state index contributed by atoms with van der Waals surface area (Å²) in [6, 6.07) is 6.45. The van der Waals surface area contributed by atoms with Crippen molar-refractivity contribution in [1.29, 1.82) is 0 Å². The fourth-order valence-electron chi connectivity index (χ4n) is 1.77. The predicted octanol–water partition coefficient (Wildman–Crippen LogP) is 3.54. The van der Waals surface area contributed by atoms with Crippen molar-refractivity contribution in [3.05, 3.63) is 45.8 Å². The van der Waals surface area contributed by atoms with Crippen molar-refractivity contribution >= 4 is 21.7 Å². The second kappa shape index (κ2) is 5.10. The van der Waals surface area contributed by atoms with E-state index in [1.54, 1.807) is 10.7 Å². The number of nitrogen functional groups attached to an aromatic ring is 1. The molecular weight excluding hydrogens is 297 g/mol. The Hall–Kier alpha value is -1.36. The first-order valence-electron chi connectivity index (χ1n) is 5.75. The van der Waals surface area contributed by atoms with Crippen LogP contribution >= 0.6 is 15.9 Å². The lowest BCUT2D eigenvalue weighted by Crippen LogP contribution is -2.06. The number of hydrogen-bond acceptors (Lipinski definition) is 2. The maximum atomic E-state index is 13.1. The second-order valence-electron chi connectivity index (χ2n) is 4.53. The lowest BCUT2D eigenvalue weighted by molar-refractivity contribution is 0.618. The zero-order valence-electron chi connectivity index (χ0n) is 10.3. The summed E-state index contributed by atoms with van der Waals surface area (Å²) in [5, 5.41) is 4.46. The van der Waals surface area contributed by atoms with E-state index in [0.717, 1.165) is 15.7 Å². The fraction of sp³-hybridized carbons (Fsp3) is 0.308. The van der Waals surface area contributed by atoms with Crippen LogP contribution in [0.5, 0.6) is 0 Å². The molecule has 96 valence electrons. The zero-order chi connectivity index (χ0) is 13.3. The molecule has 0 atom stereocenters. The SMILES string of the molecule is CC(C)c1nn(Cc2cccc(F)c2)c(N)c1Br. The maximum Gasteiger partial charge on any atom is 0.136 e. The minimum atomic E-state index is -0.249. The third-order valence-corrected chi connectivity index (χ3v) is 3.54. The van der Waals surface area contributed by atoms with Crippen LogP contribution in [0.25, 0.3) is 0 Å². The van der Waals surface area contributed by atoms with Gasteiger partial charge < -0.3 is 5.73 Å². The van der Waals surface area contributed by atoms with E-state index in [4.69, 9.17) is 5.73 Å². The summed E-state index contributed by atoms with van der Waals surface area (Å²) in [5.74, 6) is 0.611. The van der Waals surface area contributed by atoms with Gasteiger partial charge in [0.15, 0.2) is 0 Å². The van der Waals surface area contributed by atoms with Crippen molar-refractivity contribution in [3.8, 4) is 0 Å². The minimum Gasteiger partial charge on any atom is -0.383 e. The number of benzene rings is 1. The first-order valence-corrected chi connectivity index (χ1v) is 6.54. The molecule has 2 N–H and O–H groups in total. The van der Waals surface area contributed by atoms with Crippen molar-refractivity contribution in [3.63, 3.8) is 0 Å². The van der Waals surface area contributed by atoms with Crippen LogP contribution in [0.4, 0.5) is 10.2 Å². The van der Waals surface area contributed by atoms with Gasteiger partial charge in [0.2, 0.25) is 0 Å². The summed E-state index contributed by atoms with van der Waals surface area (Å²) in [6.07, 6.45) is 0. The molecule has 0 bridgehead atoms. The van der Waals surface area contributed by atoms with Crippen LogP contribution in [0, 0.1) is 5.82 Å². The van der Waals surface area contributed by atoms with Gasteiger partial charge in [-0.15, -0.1) is 0 Å². The first kappa shape index (κ1) is 13.1. The molecule has 18 heavy (non-hydrogen) atoms. The summed E-state index contributed by atoms with van der Waals surface area (Å²) >= 11 is 3.45. The highest BCUT2D eigenvalue weighted by molar-refractivity contribution is 9.10. The number of nitrogens with two attached hydrogens (primary N) is 1. The summed E-state index contributed by atoms with van der Waals surface area (Å²) in [6.45, 7) is 4.58. The summed E-state index contributed by atoms with van der Waals surface area (Å²) in [4.78, 5) is 0. The topological polar surface area (TPSA) is 43.8 Å². The molecule has 2 aromatic rings. The van der Waals surface area contributed by atoms with Gasteiger partial charge >= 0.3 is 0 Å². The number of aromatic nitrogens is 2. The van der Waals surface area contributed by atoms with Gasteiger partial charge in [-0.05, 0) is 39.5 Å². The van der Waals surface area contributed by atoms with Crippen molar-refractivity contribution < 1.29 is 4.39 Å². The normalized spacial score (nSPS) is 11.2. The Labute approximate surface area is 114 Å². The maximum absolute atomic E-state index is 13.1. The molecule has 3 nitrogen and oxygen atoms in total. The summed E-state index contributed by atoms with van der Waals surface area (Å²) in [7, 11) is 0. The Kier molecular flexibility index (Phi) is 3.71. The molecule has 0 radical (unpaired) electrons. The van der Waals surface area contributed by atoms with E-state index in [1.807, 2.05) is 6.07 Å². The van der Waals surface area contributed by atoms with Crippen molar-refractivity contribution in [1.82, 2.24) is 9.78 Å². The molecule has 0 unspecified atom stereocenters. The van der Waals surface area contributed by atoms with Crippen LogP contribution in [-0.4, -0.2) is 9.78 Å². The lowest BCUT2D eigenvalue weighted by Gasteiger charge is -2.04. The Morgan fingerprint density at radius 3 is 2.72 bits per heavy atom. The van der Waals surface area contributed by atoms with Crippen molar-refractivity contribution in [2.24, 2.45) is 0 Å². The highest BCUT2D eigenvalue weighted by Crippen LogP contribution is 2.29. The largest absolute Gasteiger partial charge is 0.383 e. The van der Waals surface area contributed by atoms with E-state index >= 15 is 0 Å². The van der Waals surface area contributed by atoms with E-state index in [0.29, 0.717) is 12.4 Å². The molecule has 0 fully saturated rings. The zero-order valence-corrected chi connectivity index (χ0v) is 11.9. The molecule has 0 aliphatic carbocycles. The van der Waals surface area contributed by atoms with Crippen LogP contribution < -0.4 is 5.73 Å². The van der Waals surface area contributed by atoms with Crippen LogP contribution in [0.2, 0.25) is 0 Å². The molecule has 0 aliphatic rings. The molecule has 0 aliphatic heterocycles. The molecule has 5 heteroatoms. The molecular formula is C13H15BrFN3. The summed E-state index contributed by atoms with van der Waals surface area (Å²) < 4.78 is 15.6. The highest BCUT2D eigenvalue weighted by Gasteiger charge is 2.15. The molecule has 0 amide bonds. The fourth-order valence-corrected chi connectivity index (χ4v) is 2.51. The first-order chi connectivity index (χ1) is 8.49. The van der Waals surface area contributed by atoms with E-state index < -0.39 is 0 Å². The van der Waals surface area contributed by atoms with E-state index in [2.05, 4.69) is 34.9 Å². The van der Waals surface area contributed by atoms with E-state index in [1.165, 1.54) is 12.1 Å². The van der Waals surface area contributed by atoms with Gasteiger partial charge in [0, 0.05) is 0 Å². The van der Waals surface area contributed by atoms with Crippen LogP contribution in [0.15, 0.2) is 28.7 Å². The average molecular weight is 312 g/mol. The predicted molar refractivity (Wildman–Crippen MR) is 73.9 cm³/mol. The van der Waals surface area contributed by atoms with Gasteiger partial charge in [-0.1, -0.05) is 26.0 Å². The van der Waals surface area contributed by atoms with Gasteiger partial charge in [0.1, 0.15) is 11.6 Å². The molecule has 1 heterocycles. The van der Waals surface area contributed by atoms with Crippen molar-refractivity contribution in [2.45, 2.75) is 26.3 Å². The monoisotopic (exact) mass is 311 g/mol. The highest BCUT2D eigenvalue weighted by atomic mass is 79.9. The molecule has 1 aromatic carbocycles. The lowest BCUT2D eigenvalue weighted by atomic mass is 10.1. The number of halogens is 2. The third kappa shape index (κ3) is 2.56. The molecule has 1 aromatic heterocycles. The average Bonchev–Trinajstić information content (AvgIpc) is 2.58. The number of rotatable bonds is 3. The molecule has 0 saturated carbocycles. The van der Waals surface area contributed by atoms with Crippen molar-refractivity contribution in [2.75, 3.05) is 5.73 Å². The van der Waals surface area contributed by atoms with Gasteiger partial charge in [-0.25, -0.2) is 9.07 Å². The molecule has 0 spiro atoms. The number of nitrogens with zero attached hydrogens (tertiary/aromatic N) is 2. The minimum absolute atomic E-state index is 0.249. The standard InChI is InChI=1S/C13H15BrFN3/c1-8(2)12-11(14)13(16)18(17-12)7-9-4-3-5-10(15)6-9/h3-6,8H,7,16H2,1-2H3. The second-order valence-corrected chi connectivity index (χ2v) is 5.32. The van der Waals surface area contributed by atoms with E-state index in [-0.39, 0.29) is 11.7 Å². The van der Waals surface area contributed by atoms with E-state index in [9.17, 15) is 4.39 Å². The Balaban J connectivity index is 2.32. The third-order valence-electron chi connectivity index (χ3n) is 2.72. The quantitative estimate of drug-likeness (QED) is 0.942. The number of anilines is 1. The van der Waals surface area contributed by atoms with Gasteiger partial charge in [0.05, 0.1) is 16.7 Å². The Bertz CT molecular complexity index is 563. The van der Waals surface area contributed by atoms with Gasteiger partial charge in [-0.2, -0.15) is 5.10 Å². The summed E-state index contributed by atoms with van der Waals surface area (Å²) in [5.41, 5.74) is 7.75. The Morgan fingerprint density at radius 1 is 1.44 bits per heavy atom.